The molecule has 2 aromatic rings. The van der Waals surface area contributed by atoms with Gasteiger partial charge in [0.25, 0.3) is 0 Å². The molecule has 1 unspecified atom stereocenters. The second kappa shape index (κ2) is 5.46. The summed E-state index contributed by atoms with van der Waals surface area (Å²) in [6.45, 7) is 2.55. The molecule has 1 heterocycles. The number of phenolic OH excluding ortho intramolecular Hbond substituents is 2. The molecule has 1 atom stereocenters. The summed E-state index contributed by atoms with van der Waals surface area (Å²) in [7, 11) is 0. The molecule has 0 spiro atoms. The molecule has 5 nitrogen and oxygen atoms in total. The number of rotatable bonds is 4. The van der Waals surface area contributed by atoms with Gasteiger partial charge in [-0.15, -0.1) is 0 Å². The molecule has 18 heavy (non-hydrogen) atoms. The number of nitrogens with one attached hydrogen (secondary N) is 1. The molecule has 0 bridgehead atoms. The third-order valence-corrected chi connectivity index (χ3v) is 2.66. The Kier molecular flexibility index (Phi) is 3.74. The average Bonchev–Trinajstić information content (AvgIpc) is 2.36. The Morgan fingerprint density at radius 3 is 2.56 bits per heavy atom. The van der Waals surface area contributed by atoms with Gasteiger partial charge in [-0.2, -0.15) is 0 Å². The number of aromatic hydroxyl groups is 2. The Morgan fingerprint density at radius 1 is 1.22 bits per heavy atom. The molecule has 94 valence electrons. The van der Waals surface area contributed by atoms with Gasteiger partial charge in [0.1, 0.15) is 17.8 Å². The van der Waals surface area contributed by atoms with E-state index in [1.54, 1.807) is 18.3 Å². The number of phenols is 2. The highest BCUT2D eigenvalue weighted by molar-refractivity contribution is 5.37. The lowest BCUT2D eigenvalue weighted by atomic mass is 10.1. The molecule has 0 saturated carbocycles. The van der Waals surface area contributed by atoms with Crippen LogP contribution in [0.4, 0.5) is 0 Å². The Labute approximate surface area is 105 Å². The summed E-state index contributed by atoms with van der Waals surface area (Å²) in [6, 6.07) is 6.38. The van der Waals surface area contributed by atoms with E-state index in [1.165, 1.54) is 12.4 Å². The van der Waals surface area contributed by atoms with Crippen molar-refractivity contribution in [2.75, 3.05) is 0 Å². The molecular weight excluding hydrogens is 230 g/mol. The highest BCUT2D eigenvalue weighted by atomic mass is 16.3. The van der Waals surface area contributed by atoms with E-state index >= 15 is 0 Å². The van der Waals surface area contributed by atoms with Crippen molar-refractivity contribution in [3.05, 3.63) is 48.0 Å². The zero-order chi connectivity index (χ0) is 13.0. The Hall–Kier alpha value is -2.14. The van der Waals surface area contributed by atoms with Crippen molar-refractivity contribution in [3.63, 3.8) is 0 Å². The van der Waals surface area contributed by atoms with Crippen molar-refractivity contribution in [2.24, 2.45) is 0 Å². The fourth-order valence-electron chi connectivity index (χ4n) is 1.67. The maximum atomic E-state index is 9.42. The molecule has 0 aliphatic carbocycles. The summed E-state index contributed by atoms with van der Waals surface area (Å²) in [6.07, 6.45) is 3.19. The minimum Gasteiger partial charge on any atom is -0.508 e. The first-order valence-electron chi connectivity index (χ1n) is 5.66. The first-order chi connectivity index (χ1) is 8.65. The minimum atomic E-state index is -0.00188. The maximum Gasteiger partial charge on any atom is 0.119 e. The first kappa shape index (κ1) is 12.3. The molecule has 2 rings (SSSR count). The van der Waals surface area contributed by atoms with Crippen LogP contribution in [0.1, 0.15) is 24.2 Å². The van der Waals surface area contributed by atoms with Crippen LogP contribution in [0.3, 0.4) is 0 Å². The smallest absolute Gasteiger partial charge is 0.119 e. The van der Waals surface area contributed by atoms with E-state index in [0.29, 0.717) is 6.54 Å². The summed E-state index contributed by atoms with van der Waals surface area (Å²) in [5.41, 5.74) is 1.71. The van der Waals surface area contributed by atoms with Crippen molar-refractivity contribution < 1.29 is 10.2 Å². The summed E-state index contributed by atoms with van der Waals surface area (Å²) < 4.78 is 0. The van der Waals surface area contributed by atoms with E-state index in [2.05, 4.69) is 15.3 Å². The fourth-order valence-corrected chi connectivity index (χ4v) is 1.67. The highest BCUT2D eigenvalue weighted by Crippen LogP contribution is 2.24. The van der Waals surface area contributed by atoms with Gasteiger partial charge in [0.2, 0.25) is 0 Å². The van der Waals surface area contributed by atoms with Crippen molar-refractivity contribution in [1.29, 1.82) is 0 Å². The standard InChI is InChI=1S/C13H15N3O2/c1-9(10-4-12(17)6-13(18)5-10)15-7-11-2-3-14-8-16-11/h2-6,8-9,15,17-18H,7H2,1H3. The molecule has 5 heteroatoms. The second-order valence-electron chi connectivity index (χ2n) is 4.09. The van der Waals surface area contributed by atoms with Crippen LogP contribution in [0.5, 0.6) is 11.5 Å². The molecule has 3 N–H and O–H groups in total. The van der Waals surface area contributed by atoms with Crippen LogP contribution < -0.4 is 5.32 Å². The van der Waals surface area contributed by atoms with Crippen molar-refractivity contribution in [3.8, 4) is 11.5 Å². The molecule has 0 fully saturated rings. The normalized spacial score (nSPS) is 12.3. The second-order valence-corrected chi connectivity index (χ2v) is 4.09. The van der Waals surface area contributed by atoms with Crippen LogP contribution in [-0.2, 0) is 6.54 Å². The van der Waals surface area contributed by atoms with Gasteiger partial charge in [-0.3, -0.25) is 0 Å². The predicted molar refractivity (Wildman–Crippen MR) is 67.1 cm³/mol. The molecule has 0 radical (unpaired) electrons. The lowest BCUT2D eigenvalue weighted by molar-refractivity contribution is 0.446. The summed E-state index contributed by atoms with van der Waals surface area (Å²) in [5, 5.41) is 22.1. The first-order valence-corrected chi connectivity index (χ1v) is 5.66. The van der Waals surface area contributed by atoms with Crippen molar-refractivity contribution in [1.82, 2.24) is 15.3 Å². The zero-order valence-electron chi connectivity index (χ0n) is 10.0. The third kappa shape index (κ3) is 3.18. The van der Waals surface area contributed by atoms with E-state index < -0.39 is 0 Å². The van der Waals surface area contributed by atoms with E-state index in [1.807, 2.05) is 13.0 Å². The van der Waals surface area contributed by atoms with Crippen LogP contribution >= 0.6 is 0 Å². The SMILES string of the molecule is CC(NCc1ccncn1)c1cc(O)cc(O)c1. The van der Waals surface area contributed by atoms with E-state index in [4.69, 9.17) is 0 Å². The largest absolute Gasteiger partial charge is 0.508 e. The van der Waals surface area contributed by atoms with Crippen LogP contribution in [0, 0.1) is 0 Å². The average molecular weight is 245 g/mol. The molecule has 0 aliphatic rings. The molecule has 1 aromatic carbocycles. The van der Waals surface area contributed by atoms with Gasteiger partial charge in [-0.05, 0) is 30.7 Å². The number of hydrogen-bond donors (Lipinski definition) is 3. The van der Waals surface area contributed by atoms with E-state index in [-0.39, 0.29) is 17.5 Å². The molecule has 0 saturated heterocycles. The van der Waals surface area contributed by atoms with Gasteiger partial charge in [0, 0.05) is 24.8 Å². The van der Waals surface area contributed by atoms with E-state index in [9.17, 15) is 10.2 Å². The van der Waals surface area contributed by atoms with E-state index in [0.717, 1.165) is 11.3 Å². The molecule has 0 aliphatic heterocycles. The third-order valence-electron chi connectivity index (χ3n) is 2.66. The lowest BCUT2D eigenvalue weighted by Gasteiger charge is -2.14. The molecular formula is C13H15N3O2. The van der Waals surface area contributed by atoms with Crippen LogP contribution in [0.2, 0.25) is 0 Å². The van der Waals surface area contributed by atoms with Crippen LogP contribution in [0.15, 0.2) is 36.8 Å². The predicted octanol–water partition coefficient (Wildman–Crippen LogP) is 1.74. The Balaban J connectivity index is 2.01. The van der Waals surface area contributed by atoms with Gasteiger partial charge in [-0.1, -0.05) is 0 Å². The summed E-state index contributed by atoms with van der Waals surface area (Å²) in [5.74, 6) is 0.112. The number of nitrogens with zero attached hydrogens (tertiary/aromatic N) is 2. The Morgan fingerprint density at radius 2 is 1.94 bits per heavy atom. The highest BCUT2D eigenvalue weighted by Gasteiger charge is 2.07. The van der Waals surface area contributed by atoms with Gasteiger partial charge in [0.15, 0.2) is 0 Å². The lowest BCUT2D eigenvalue weighted by Crippen LogP contribution is -2.18. The minimum absolute atomic E-state index is 0.00188. The Bertz CT molecular complexity index is 497. The topological polar surface area (TPSA) is 78.3 Å². The molecule has 1 aromatic heterocycles. The van der Waals surface area contributed by atoms with Gasteiger partial charge in [0.05, 0.1) is 5.69 Å². The fraction of sp³-hybridized carbons (Fsp3) is 0.231. The number of aromatic nitrogens is 2. The van der Waals surface area contributed by atoms with Gasteiger partial charge >= 0.3 is 0 Å². The number of benzene rings is 1. The van der Waals surface area contributed by atoms with Crippen molar-refractivity contribution >= 4 is 0 Å². The quantitative estimate of drug-likeness (QED) is 0.764. The van der Waals surface area contributed by atoms with Crippen LogP contribution in [0.25, 0.3) is 0 Å². The monoisotopic (exact) mass is 245 g/mol. The van der Waals surface area contributed by atoms with Crippen LogP contribution in [-0.4, -0.2) is 20.2 Å². The summed E-state index contributed by atoms with van der Waals surface area (Å²) in [4.78, 5) is 7.96. The number of hydrogen-bond acceptors (Lipinski definition) is 5. The maximum absolute atomic E-state index is 9.42. The van der Waals surface area contributed by atoms with Gasteiger partial charge in [-0.25, -0.2) is 9.97 Å². The molecule has 0 amide bonds. The van der Waals surface area contributed by atoms with Crippen molar-refractivity contribution in [2.45, 2.75) is 19.5 Å². The zero-order valence-corrected chi connectivity index (χ0v) is 10.0. The van der Waals surface area contributed by atoms with Gasteiger partial charge < -0.3 is 15.5 Å². The summed E-state index contributed by atoms with van der Waals surface area (Å²) >= 11 is 0.